The van der Waals surface area contributed by atoms with Crippen molar-refractivity contribution < 1.29 is 26.6 Å². The van der Waals surface area contributed by atoms with Crippen LogP contribution < -0.4 is 17.0 Å². The summed E-state index contributed by atoms with van der Waals surface area (Å²) >= 11 is 0. The van der Waals surface area contributed by atoms with E-state index in [2.05, 4.69) is 267 Å². The van der Waals surface area contributed by atoms with Crippen molar-refractivity contribution in [1.82, 2.24) is 0 Å². The number of halogens is 1. The molecule has 0 aliphatic heterocycles. The van der Waals surface area contributed by atoms with Crippen LogP contribution in [-0.4, -0.2) is 34.6 Å². The largest absolute Gasteiger partial charge is 2.00 e. The van der Waals surface area contributed by atoms with E-state index < -0.39 is 16.2 Å². The molecule has 0 aromatic heterocycles. The first-order valence-electron chi connectivity index (χ1n) is 32.6. The monoisotopic (exact) mass is 1320 g/mol. The summed E-state index contributed by atoms with van der Waals surface area (Å²) in [6, 6.07) is 143. The summed E-state index contributed by atoms with van der Waals surface area (Å²) in [5, 5.41) is 0. The van der Waals surface area contributed by atoms with Gasteiger partial charge < -0.3 is 17.0 Å². The van der Waals surface area contributed by atoms with Crippen molar-refractivity contribution >= 4 is 45.8 Å². The van der Waals surface area contributed by atoms with Gasteiger partial charge in [0.2, 0.25) is 0 Å². The molecule has 17 rings (SSSR count). The molecule has 0 spiro atoms. The number of rotatable bonds is 10. The van der Waals surface area contributed by atoms with E-state index in [4.69, 9.17) is 0 Å². The summed E-state index contributed by atoms with van der Waals surface area (Å²) in [5.74, 6) is -0.152. The Morgan fingerprint density at radius 3 is 1.04 bits per heavy atom. The van der Waals surface area contributed by atoms with Gasteiger partial charge in [-0.05, 0) is 94.6 Å². The van der Waals surface area contributed by atoms with Crippen LogP contribution in [0.2, 0.25) is 0 Å². The number of fused-ring (bicyclic) bond motifs is 3. The molecule has 14 aromatic rings. The quantitative estimate of drug-likeness (QED) is 0.101. The minimum absolute atomic E-state index is 0. The van der Waals surface area contributed by atoms with Gasteiger partial charge in [-0.15, -0.1) is 0 Å². The number of allylic oxidation sites excluding steroid dienone is 1. The average molecular weight is 1320 g/mol. The fourth-order valence-electron chi connectivity index (χ4n) is 15.3. The maximum Gasteiger partial charge on any atom is 2.00 e. The van der Waals surface area contributed by atoms with Crippen LogP contribution in [-0.2, 0) is 21.0 Å². The van der Waals surface area contributed by atoms with E-state index in [1.54, 1.807) is 0 Å². The second-order valence-electron chi connectivity index (χ2n) is 24.2. The van der Waals surface area contributed by atoms with Crippen LogP contribution in [0.1, 0.15) is 106 Å². The topological polar surface area (TPSA) is 34.1 Å². The molecule has 97 heavy (non-hydrogen) atoms. The molecule has 0 radical (unpaired) electrons. The maximum atomic E-state index is 14.3. The number of carbonyl (C=O) groups excluding carboxylic acids is 2. The van der Waals surface area contributed by atoms with Crippen LogP contribution in [0.3, 0.4) is 0 Å². The van der Waals surface area contributed by atoms with E-state index in [0.717, 1.165) is 55.6 Å². The molecule has 3 aliphatic rings. The second-order valence-corrected chi connectivity index (χ2v) is 24.2. The average Bonchev–Trinajstić information content (AvgIpc) is 1.58. The minimum Gasteiger partial charge on any atom is -1.00 e. The van der Waals surface area contributed by atoms with Crippen molar-refractivity contribution in [2.75, 3.05) is 0 Å². The van der Waals surface area contributed by atoms with Crippen molar-refractivity contribution in [2.45, 2.75) is 28.1 Å². The summed E-state index contributed by atoms with van der Waals surface area (Å²) in [6.07, 6.45) is 0. The molecule has 0 heterocycles. The van der Waals surface area contributed by atoms with Crippen LogP contribution in [0.15, 0.2) is 406 Å². The van der Waals surface area contributed by atoms with Gasteiger partial charge in [0.05, 0.1) is 22.7 Å². The molecule has 0 saturated heterocycles. The number of Topliss-reactive ketones (excluding diaryl/α,β-unsaturated/α-hetero) is 2. The Morgan fingerprint density at radius 2 is 0.608 bits per heavy atom. The smallest absolute Gasteiger partial charge is 1.00 e. The van der Waals surface area contributed by atoms with E-state index in [-0.39, 0.29) is 63.4 Å². The van der Waals surface area contributed by atoms with Gasteiger partial charge in [0.25, 0.3) is 0 Å². The molecule has 0 bridgehead atoms. The zero-order valence-corrected chi connectivity index (χ0v) is 56.7. The zero-order chi connectivity index (χ0) is 64.3. The molecule has 462 valence electrons. The summed E-state index contributed by atoms with van der Waals surface area (Å²) in [6.45, 7) is 0. The molecule has 0 N–H and O–H groups in total. The normalized spacial score (nSPS) is 15.3. The van der Waals surface area contributed by atoms with Crippen LogP contribution in [0.4, 0.5) is 0 Å². The Morgan fingerprint density at radius 1 is 0.278 bits per heavy atom. The summed E-state index contributed by atoms with van der Waals surface area (Å²) in [5.41, 5.74) is 19.2. The number of hydrogen-bond donors (Lipinski definition) is 0. The summed E-state index contributed by atoms with van der Waals surface area (Å²) in [4.78, 5) is 28.0. The van der Waals surface area contributed by atoms with Crippen LogP contribution in [0, 0.1) is 6.07 Å². The Balaban J connectivity index is 0.000000132. The molecule has 2 nitrogen and oxygen atoms in total. The molecule has 0 fully saturated rings. The fourth-order valence-corrected chi connectivity index (χ4v) is 15.3. The van der Waals surface area contributed by atoms with Gasteiger partial charge in [0.15, 0.2) is 11.6 Å². The van der Waals surface area contributed by atoms with Gasteiger partial charge in [-0.1, -0.05) is 376 Å². The zero-order valence-electron chi connectivity index (χ0n) is 53.7. The van der Waals surface area contributed by atoms with Gasteiger partial charge in [0.1, 0.15) is 5.41 Å². The predicted octanol–water partition coefficient (Wildman–Crippen LogP) is 17.8. The van der Waals surface area contributed by atoms with Crippen molar-refractivity contribution in [3.8, 4) is 0 Å². The molecular weight excluding hydrogens is 1250 g/mol. The molecule has 0 amide bonds. The molecule has 2 unspecified atom stereocenters. The van der Waals surface area contributed by atoms with Gasteiger partial charge in [-0.3, -0.25) is 9.59 Å². The maximum absolute atomic E-state index is 14.3. The minimum atomic E-state index is -0.792. The standard InChI is InChI=1S/C33H24.2C27H20O.C6H5.BrH.Mg/c1-5-15-25(16-6-1)31-29-23-13-14-24-30(29)33(27-19-9-3-10-20-27,28-21-11-4-12-22-28)32(31)26-17-7-2-8-18-26;28-26-23-18-10-11-19-24(23)27(21-14-6-2-7-15-21,22-16-8-3-9-17-22)25(26)20-12-4-1-5-13-20;28-26-25(20-12-4-1-5-13-20)23-18-10-11-19-24(23)27(26,21-14-6-2-7-15-21)22-16-8-3-9-17-22;1-2-4-6-5-3-1;;/h1-24H;2*1-19,25H;1-5H;1H;/q;;;-1;;+2/p-1. The van der Waals surface area contributed by atoms with Gasteiger partial charge in [-0.25, -0.2) is 0 Å². The van der Waals surface area contributed by atoms with E-state index in [1.165, 1.54) is 44.5 Å². The number of hydrogen-bond acceptors (Lipinski definition) is 2. The van der Waals surface area contributed by atoms with Crippen molar-refractivity contribution in [3.63, 3.8) is 0 Å². The van der Waals surface area contributed by atoms with E-state index >= 15 is 0 Å². The first-order chi connectivity index (χ1) is 47.1. The number of ketones is 2. The van der Waals surface area contributed by atoms with Crippen LogP contribution in [0.5, 0.6) is 0 Å². The van der Waals surface area contributed by atoms with Gasteiger partial charge >= 0.3 is 23.1 Å². The molecular formula is C93H69BrMgO2. The summed E-state index contributed by atoms with van der Waals surface area (Å²) in [7, 11) is 0. The molecule has 4 heteroatoms. The van der Waals surface area contributed by atoms with Crippen LogP contribution in [0.25, 0.3) is 11.1 Å². The van der Waals surface area contributed by atoms with E-state index in [0.29, 0.717) is 0 Å². The first-order valence-corrected chi connectivity index (χ1v) is 32.6. The third kappa shape index (κ3) is 12.2. The molecule has 0 saturated carbocycles. The van der Waals surface area contributed by atoms with E-state index in [1.807, 2.05) is 146 Å². The van der Waals surface area contributed by atoms with Crippen molar-refractivity contribution in [1.29, 1.82) is 0 Å². The number of benzene rings is 14. The molecule has 3 aliphatic carbocycles. The third-order valence-corrected chi connectivity index (χ3v) is 19.1. The van der Waals surface area contributed by atoms with Gasteiger partial charge in [0, 0.05) is 5.56 Å². The Hall–Kier alpha value is -10.6. The SMILES string of the molecule is O=C1C(c2ccccc2)c2ccccc2C1(c1ccccc1)c1ccccc1.O=C1c2ccccc2C(c2ccccc2)(c2ccccc2)C1c1ccccc1.[Br-].[Mg+2].[c-]1ccccc1.c1ccc(C2=C(c3ccccc3)C(c3ccccc3)(c3ccccc3)c3ccccc32)cc1. The Labute approximate surface area is 597 Å². The van der Waals surface area contributed by atoms with Crippen molar-refractivity contribution in [2.24, 2.45) is 0 Å². The molecule has 14 aromatic carbocycles. The molecule has 2 atom stereocenters. The fraction of sp³-hybridized carbons (Fsp3) is 0.0538. The predicted molar refractivity (Wildman–Crippen MR) is 394 cm³/mol. The number of carbonyl (C=O) groups is 2. The Kier molecular flexibility index (Phi) is 20.8. The Bertz CT molecular complexity index is 4740. The first kappa shape index (κ1) is 66.4. The van der Waals surface area contributed by atoms with Crippen molar-refractivity contribution in [3.05, 3.63) is 502 Å². The second kappa shape index (κ2) is 30.4. The van der Waals surface area contributed by atoms with E-state index in [9.17, 15) is 9.59 Å². The summed E-state index contributed by atoms with van der Waals surface area (Å²) < 4.78 is 0. The van der Waals surface area contributed by atoms with Gasteiger partial charge in [-0.2, -0.15) is 36.4 Å². The van der Waals surface area contributed by atoms with Crippen LogP contribution >= 0.6 is 0 Å². The third-order valence-electron chi connectivity index (χ3n) is 19.1.